The number of aryl methyl sites for hydroxylation is 1. The molecule has 4 rings (SSSR count). The second-order valence-electron chi connectivity index (χ2n) is 6.24. The lowest BCUT2D eigenvalue weighted by atomic mass is 10.1. The molecule has 0 bridgehead atoms. The van der Waals surface area contributed by atoms with Crippen LogP contribution in [-0.2, 0) is 11.8 Å². The number of rotatable bonds is 3. The minimum atomic E-state index is 0. The van der Waals surface area contributed by atoms with Crippen molar-refractivity contribution in [3.05, 3.63) is 48.5 Å². The SMILES string of the molecule is Cl.Cn1c(-c2ccc(NC(=O)C3CCNC3)cc2)nc2ccccc21. The van der Waals surface area contributed by atoms with Gasteiger partial charge in [-0.1, -0.05) is 12.1 Å². The number of halogens is 1. The van der Waals surface area contributed by atoms with Crippen molar-refractivity contribution < 1.29 is 4.79 Å². The average Bonchev–Trinajstić information content (AvgIpc) is 3.25. The minimum absolute atomic E-state index is 0. The maximum atomic E-state index is 12.2. The molecule has 2 N–H and O–H groups in total. The van der Waals surface area contributed by atoms with Crippen molar-refractivity contribution >= 4 is 35.0 Å². The van der Waals surface area contributed by atoms with Gasteiger partial charge in [0.05, 0.1) is 17.0 Å². The summed E-state index contributed by atoms with van der Waals surface area (Å²) in [6.45, 7) is 1.69. The van der Waals surface area contributed by atoms with Crippen molar-refractivity contribution in [1.82, 2.24) is 14.9 Å². The zero-order valence-electron chi connectivity index (χ0n) is 14.0. The fourth-order valence-electron chi connectivity index (χ4n) is 3.23. The largest absolute Gasteiger partial charge is 0.327 e. The Kier molecular flexibility index (Phi) is 5.06. The van der Waals surface area contributed by atoms with Crippen LogP contribution in [0.3, 0.4) is 0 Å². The van der Waals surface area contributed by atoms with Crippen molar-refractivity contribution in [2.75, 3.05) is 18.4 Å². The molecule has 1 saturated heterocycles. The van der Waals surface area contributed by atoms with Gasteiger partial charge in [0.1, 0.15) is 5.82 Å². The monoisotopic (exact) mass is 356 g/mol. The third-order valence-corrected chi connectivity index (χ3v) is 4.63. The third kappa shape index (κ3) is 3.38. The fourth-order valence-corrected chi connectivity index (χ4v) is 3.23. The van der Waals surface area contributed by atoms with Gasteiger partial charge < -0.3 is 15.2 Å². The Balaban J connectivity index is 0.00000182. The molecule has 1 amide bonds. The topological polar surface area (TPSA) is 59.0 Å². The minimum Gasteiger partial charge on any atom is -0.327 e. The summed E-state index contributed by atoms with van der Waals surface area (Å²) < 4.78 is 2.09. The van der Waals surface area contributed by atoms with Gasteiger partial charge in [0.25, 0.3) is 0 Å². The van der Waals surface area contributed by atoms with Crippen molar-refractivity contribution in [2.24, 2.45) is 13.0 Å². The Hall–Kier alpha value is -2.37. The standard InChI is InChI=1S/C19H20N4O.ClH/c1-23-17-5-3-2-4-16(17)22-18(23)13-6-8-15(9-7-13)21-19(24)14-10-11-20-12-14;/h2-9,14,20H,10-12H2,1H3,(H,21,24);1H. The number of nitrogens with one attached hydrogen (secondary N) is 2. The Bertz CT molecular complexity index is 882. The molecule has 1 atom stereocenters. The van der Waals surface area contributed by atoms with Gasteiger partial charge in [-0.25, -0.2) is 4.98 Å². The normalized spacial score (nSPS) is 16.6. The van der Waals surface area contributed by atoms with Gasteiger partial charge in [-0.15, -0.1) is 12.4 Å². The summed E-state index contributed by atoms with van der Waals surface area (Å²) in [5, 5.41) is 6.21. The van der Waals surface area contributed by atoms with Crippen molar-refractivity contribution in [2.45, 2.75) is 6.42 Å². The van der Waals surface area contributed by atoms with Gasteiger partial charge in [-0.05, 0) is 49.4 Å². The van der Waals surface area contributed by atoms with Crippen LogP contribution < -0.4 is 10.6 Å². The average molecular weight is 357 g/mol. The molecular weight excluding hydrogens is 336 g/mol. The van der Waals surface area contributed by atoms with Crippen LogP contribution in [0, 0.1) is 5.92 Å². The summed E-state index contributed by atoms with van der Waals surface area (Å²) >= 11 is 0. The molecule has 2 aromatic carbocycles. The van der Waals surface area contributed by atoms with Crippen molar-refractivity contribution in [3.8, 4) is 11.4 Å². The number of hydrogen-bond donors (Lipinski definition) is 2. The highest BCUT2D eigenvalue weighted by atomic mass is 35.5. The first-order valence-corrected chi connectivity index (χ1v) is 8.26. The number of carbonyl (C=O) groups excluding carboxylic acids is 1. The van der Waals surface area contributed by atoms with E-state index in [2.05, 4.69) is 21.3 Å². The molecule has 0 aliphatic carbocycles. The van der Waals surface area contributed by atoms with E-state index in [-0.39, 0.29) is 24.2 Å². The van der Waals surface area contributed by atoms with Gasteiger partial charge in [0.15, 0.2) is 0 Å². The first kappa shape index (κ1) is 17.5. The van der Waals surface area contributed by atoms with E-state index in [0.717, 1.165) is 47.6 Å². The lowest BCUT2D eigenvalue weighted by Gasteiger charge is -2.10. The van der Waals surface area contributed by atoms with Gasteiger partial charge >= 0.3 is 0 Å². The molecule has 0 saturated carbocycles. The molecule has 0 radical (unpaired) electrons. The number of hydrogen-bond acceptors (Lipinski definition) is 3. The first-order chi connectivity index (χ1) is 11.7. The number of benzene rings is 2. The lowest BCUT2D eigenvalue weighted by molar-refractivity contribution is -0.119. The van der Waals surface area contributed by atoms with Crippen LogP contribution >= 0.6 is 12.4 Å². The smallest absolute Gasteiger partial charge is 0.228 e. The highest BCUT2D eigenvalue weighted by Gasteiger charge is 2.22. The molecular formula is C19H21ClN4O. The Morgan fingerprint density at radius 1 is 1.20 bits per heavy atom. The van der Waals surface area contributed by atoms with Gasteiger partial charge in [-0.3, -0.25) is 4.79 Å². The van der Waals surface area contributed by atoms with E-state index in [0.29, 0.717) is 0 Å². The zero-order chi connectivity index (χ0) is 16.5. The first-order valence-electron chi connectivity index (χ1n) is 8.26. The second-order valence-corrected chi connectivity index (χ2v) is 6.24. The summed E-state index contributed by atoms with van der Waals surface area (Å²) in [6.07, 6.45) is 0.907. The lowest BCUT2D eigenvalue weighted by Crippen LogP contribution is -2.24. The molecule has 1 aliphatic heterocycles. The van der Waals surface area contributed by atoms with Crippen LogP contribution in [0.1, 0.15) is 6.42 Å². The van der Waals surface area contributed by atoms with Crippen LogP contribution in [0.15, 0.2) is 48.5 Å². The van der Waals surface area contributed by atoms with Crippen LogP contribution in [0.2, 0.25) is 0 Å². The third-order valence-electron chi connectivity index (χ3n) is 4.63. The molecule has 1 aliphatic rings. The van der Waals surface area contributed by atoms with Crippen LogP contribution in [-0.4, -0.2) is 28.5 Å². The predicted molar refractivity (Wildman–Crippen MR) is 103 cm³/mol. The summed E-state index contributed by atoms with van der Waals surface area (Å²) in [5.74, 6) is 1.09. The molecule has 1 unspecified atom stereocenters. The Labute approximate surface area is 152 Å². The Morgan fingerprint density at radius 3 is 2.64 bits per heavy atom. The van der Waals surface area contributed by atoms with E-state index >= 15 is 0 Å². The highest BCUT2D eigenvalue weighted by molar-refractivity contribution is 5.93. The van der Waals surface area contributed by atoms with E-state index in [1.165, 1.54) is 0 Å². The summed E-state index contributed by atoms with van der Waals surface area (Å²) in [5.41, 5.74) is 3.96. The molecule has 1 aromatic heterocycles. The molecule has 25 heavy (non-hydrogen) atoms. The number of imidazole rings is 1. The van der Waals surface area contributed by atoms with Gasteiger partial charge in [0, 0.05) is 24.8 Å². The highest BCUT2D eigenvalue weighted by Crippen LogP contribution is 2.25. The Morgan fingerprint density at radius 2 is 1.96 bits per heavy atom. The predicted octanol–water partition coefficient (Wildman–Crippen LogP) is 3.21. The van der Waals surface area contributed by atoms with Crippen molar-refractivity contribution in [3.63, 3.8) is 0 Å². The number of para-hydroxylation sites is 2. The molecule has 6 heteroatoms. The summed E-state index contributed by atoms with van der Waals surface area (Å²) in [6, 6.07) is 16.0. The maximum absolute atomic E-state index is 12.2. The number of nitrogens with zero attached hydrogens (tertiary/aromatic N) is 2. The van der Waals surface area contributed by atoms with Gasteiger partial charge in [-0.2, -0.15) is 0 Å². The maximum Gasteiger partial charge on any atom is 0.228 e. The molecule has 2 heterocycles. The quantitative estimate of drug-likeness (QED) is 0.757. The number of aromatic nitrogens is 2. The number of amides is 1. The van der Waals surface area contributed by atoms with Crippen LogP contribution in [0.5, 0.6) is 0 Å². The summed E-state index contributed by atoms with van der Waals surface area (Å²) in [4.78, 5) is 16.9. The van der Waals surface area contributed by atoms with E-state index < -0.39 is 0 Å². The fraction of sp³-hybridized carbons (Fsp3) is 0.263. The molecule has 5 nitrogen and oxygen atoms in total. The number of fused-ring (bicyclic) bond motifs is 1. The van der Waals surface area contributed by atoms with Crippen LogP contribution in [0.25, 0.3) is 22.4 Å². The summed E-state index contributed by atoms with van der Waals surface area (Å²) in [7, 11) is 2.02. The van der Waals surface area contributed by atoms with E-state index in [1.54, 1.807) is 0 Å². The van der Waals surface area contributed by atoms with E-state index in [4.69, 9.17) is 4.98 Å². The van der Waals surface area contributed by atoms with Crippen molar-refractivity contribution in [1.29, 1.82) is 0 Å². The molecule has 0 spiro atoms. The second kappa shape index (κ2) is 7.25. The molecule has 1 fully saturated rings. The molecule has 130 valence electrons. The van der Waals surface area contributed by atoms with E-state index in [1.807, 2.05) is 49.5 Å². The van der Waals surface area contributed by atoms with Crippen LogP contribution in [0.4, 0.5) is 5.69 Å². The molecule has 3 aromatic rings. The number of anilines is 1. The zero-order valence-corrected chi connectivity index (χ0v) is 14.8. The number of carbonyl (C=O) groups is 1. The van der Waals surface area contributed by atoms with E-state index in [9.17, 15) is 4.79 Å². The van der Waals surface area contributed by atoms with Gasteiger partial charge in [0.2, 0.25) is 5.91 Å².